The van der Waals surface area contributed by atoms with Crippen LogP contribution < -0.4 is 5.43 Å². The van der Waals surface area contributed by atoms with Crippen molar-refractivity contribution in [1.82, 2.24) is 14.7 Å². The second kappa shape index (κ2) is 5.42. The van der Waals surface area contributed by atoms with Crippen molar-refractivity contribution in [2.24, 2.45) is 0 Å². The van der Waals surface area contributed by atoms with E-state index in [1.165, 1.54) is 6.20 Å². The third kappa shape index (κ3) is 2.42. The summed E-state index contributed by atoms with van der Waals surface area (Å²) in [7, 11) is 0. The quantitative estimate of drug-likeness (QED) is 0.787. The number of morpholine rings is 1. The summed E-state index contributed by atoms with van der Waals surface area (Å²) in [6, 6.07) is 7.18. The number of hydrogen-bond donors (Lipinski definition) is 0. The van der Waals surface area contributed by atoms with Gasteiger partial charge in [-0.05, 0) is 12.1 Å². The Morgan fingerprint density at radius 1 is 1.25 bits per heavy atom. The lowest BCUT2D eigenvalue weighted by atomic mass is 10.2. The molecule has 0 saturated carbocycles. The van der Waals surface area contributed by atoms with Gasteiger partial charge in [-0.3, -0.25) is 14.3 Å². The van der Waals surface area contributed by atoms with Gasteiger partial charge in [-0.15, -0.1) is 0 Å². The molecule has 0 radical (unpaired) electrons. The monoisotopic (exact) mass is 273 g/mol. The molecule has 6 nitrogen and oxygen atoms in total. The second-order valence-corrected chi connectivity index (χ2v) is 4.68. The van der Waals surface area contributed by atoms with Crippen molar-refractivity contribution in [3.05, 3.63) is 40.7 Å². The summed E-state index contributed by atoms with van der Waals surface area (Å²) >= 11 is 0. The van der Waals surface area contributed by atoms with Gasteiger partial charge in [0.1, 0.15) is 6.54 Å². The lowest BCUT2D eigenvalue weighted by molar-refractivity contribution is -0.136. The highest BCUT2D eigenvalue weighted by Gasteiger charge is 2.17. The van der Waals surface area contributed by atoms with E-state index < -0.39 is 0 Å². The van der Waals surface area contributed by atoms with E-state index >= 15 is 0 Å². The van der Waals surface area contributed by atoms with Gasteiger partial charge in [-0.25, -0.2) is 0 Å². The fraction of sp³-hybridized carbons (Fsp3) is 0.357. The van der Waals surface area contributed by atoms with E-state index in [4.69, 9.17) is 4.74 Å². The van der Waals surface area contributed by atoms with Crippen molar-refractivity contribution in [1.29, 1.82) is 0 Å². The number of carbonyl (C=O) groups excluding carboxylic acids is 1. The van der Waals surface area contributed by atoms with Crippen LogP contribution in [-0.4, -0.2) is 46.9 Å². The molecule has 2 heterocycles. The molecule has 0 aliphatic carbocycles. The summed E-state index contributed by atoms with van der Waals surface area (Å²) in [6.07, 6.45) is 1.26. The van der Waals surface area contributed by atoms with Crippen LogP contribution in [0.1, 0.15) is 0 Å². The summed E-state index contributed by atoms with van der Waals surface area (Å²) < 4.78 is 6.81. The number of rotatable bonds is 2. The predicted molar refractivity (Wildman–Crippen MR) is 73.4 cm³/mol. The number of ether oxygens (including phenoxy) is 1. The Kier molecular flexibility index (Phi) is 3.47. The van der Waals surface area contributed by atoms with E-state index in [0.717, 1.165) is 0 Å². The van der Waals surface area contributed by atoms with Gasteiger partial charge in [-0.2, -0.15) is 5.10 Å². The van der Waals surface area contributed by atoms with E-state index in [-0.39, 0.29) is 17.9 Å². The van der Waals surface area contributed by atoms with E-state index in [1.54, 1.807) is 27.8 Å². The molecule has 0 N–H and O–H groups in total. The zero-order chi connectivity index (χ0) is 13.9. The summed E-state index contributed by atoms with van der Waals surface area (Å²) in [6.45, 7) is 2.50. The minimum atomic E-state index is -0.129. The Bertz CT molecular complexity index is 689. The van der Waals surface area contributed by atoms with Gasteiger partial charge in [0.05, 0.1) is 24.9 Å². The van der Waals surface area contributed by atoms with E-state index in [1.807, 2.05) is 6.07 Å². The molecule has 1 aromatic carbocycles. The fourth-order valence-corrected chi connectivity index (χ4v) is 2.33. The number of fused-ring (bicyclic) bond motifs is 1. The van der Waals surface area contributed by atoms with Crippen molar-refractivity contribution < 1.29 is 9.53 Å². The first-order valence-electron chi connectivity index (χ1n) is 6.56. The molecule has 0 unspecified atom stereocenters. The molecule has 3 rings (SSSR count). The van der Waals surface area contributed by atoms with Gasteiger partial charge >= 0.3 is 0 Å². The molecule has 1 aliphatic heterocycles. The predicted octanol–water partition coefficient (Wildman–Crippen LogP) is 0.255. The molecule has 104 valence electrons. The number of para-hydroxylation sites is 1. The van der Waals surface area contributed by atoms with Crippen LogP contribution in [-0.2, 0) is 16.1 Å². The van der Waals surface area contributed by atoms with Gasteiger partial charge in [0.2, 0.25) is 11.3 Å². The van der Waals surface area contributed by atoms with Crippen molar-refractivity contribution in [3.8, 4) is 0 Å². The molecule has 0 atom stereocenters. The molecule has 6 heteroatoms. The Labute approximate surface area is 115 Å². The average Bonchev–Trinajstić information content (AvgIpc) is 2.51. The summed E-state index contributed by atoms with van der Waals surface area (Å²) in [5, 5.41) is 4.65. The van der Waals surface area contributed by atoms with Crippen LogP contribution in [0.4, 0.5) is 0 Å². The highest BCUT2D eigenvalue weighted by molar-refractivity contribution is 5.81. The summed E-state index contributed by atoms with van der Waals surface area (Å²) in [4.78, 5) is 25.7. The Morgan fingerprint density at radius 3 is 2.80 bits per heavy atom. The maximum atomic E-state index is 12.2. The van der Waals surface area contributed by atoms with Gasteiger partial charge in [0.15, 0.2) is 0 Å². The topological polar surface area (TPSA) is 64.4 Å². The molecule has 0 bridgehead atoms. The minimum Gasteiger partial charge on any atom is -0.378 e. The zero-order valence-corrected chi connectivity index (χ0v) is 11.0. The van der Waals surface area contributed by atoms with Crippen LogP contribution in [0.25, 0.3) is 10.9 Å². The molecule has 1 aromatic heterocycles. The molecule has 2 aromatic rings. The SMILES string of the molecule is O=C(Cn1ncc(=O)c2ccccc21)N1CCOCC1. The number of amides is 1. The maximum absolute atomic E-state index is 12.2. The lowest BCUT2D eigenvalue weighted by Crippen LogP contribution is -2.42. The average molecular weight is 273 g/mol. The van der Waals surface area contributed by atoms with Crippen molar-refractivity contribution in [2.75, 3.05) is 26.3 Å². The molecule has 0 spiro atoms. The van der Waals surface area contributed by atoms with Crippen molar-refractivity contribution in [3.63, 3.8) is 0 Å². The van der Waals surface area contributed by atoms with E-state index in [0.29, 0.717) is 37.2 Å². The first-order chi connectivity index (χ1) is 9.75. The number of aromatic nitrogens is 2. The second-order valence-electron chi connectivity index (χ2n) is 4.68. The Balaban J connectivity index is 1.89. The molecule has 1 aliphatic rings. The third-order valence-corrected chi connectivity index (χ3v) is 3.41. The van der Waals surface area contributed by atoms with Gasteiger partial charge in [-0.1, -0.05) is 12.1 Å². The highest BCUT2D eigenvalue weighted by atomic mass is 16.5. The Hall–Kier alpha value is -2.21. The smallest absolute Gasteiger partial charge is 0.244 e. The molecule has 1 saturated heterocycles. The van der Waals surface area contributed by atoms with Crippen LogP contribution in [0.5, 0.6) is 0 Å². The number of nitrogens with zero attached hydrogens (tertiary/aromatic N) is 3. The molecular formula is C14H15N3O3. The van der Waals surface area contributed by atoms with Crippen molar-refractivity contribution in [2.45, 2.75) is 6.54 Å². The minimum absolute atomic E-state index is 0.00500. The van der Waals surface area contributed by atoms with Gasteiger partial charge < -0.3 is 9.64 Å². The molecule has 20 heavy (non-hydrogen) atoms. The molecule has 1 amide bonds. The Morgan fingerprint density at radius 2 is 2.00 bits per heavy atom. The summed E-state index contributed by atoms with van der Waals surface area (Å²) in [5.74, 6) is -0.00500. The number of hydrogen-bond acceptors (Lipinski definition) is 4. The van der Waals surface area contributed by atoms with Crippen LogP contribution in [0.2, 0.25) is 0 Å². The largest absolute Gasteiger partial charge is 0.378 e. The standard InChI is InChI=1S/C14H15N3O3/c18-13-9-15-17(12-4-2-1-3-11(12)13)10-14(19)16-5-7-20-8-6-16/h1-4,9H,5-8,10H2. The first-order valence-corrected chi connectivity index (χ1v) is 6.56. The normalized spacial score (nSPS) is 15.5. The van der Waals surface area contributed by atoms with Crippen LogP contribution in [0, 0.1) is 0 Å². The van der Waals surface area contributed by atoms with Gasteiger partial charge in [0.25, 0.3) is 0 Å². The molecule has 1 fully saturated rings. The van der Waals surface area contributed by atoms with Crippen LogP contribution in [0.3, 0.4) is 0 Å². The maximum Gasteiger partial charge on any atom is 0.244 e. The number of carbonyl (C=O) groups is 1. The van der Waals surface area contributed by atoms with Crippen LogP contribution >= 0.6 is 0 Å². The highest BCUT2D eigenvalue weighted by Crippen LogP contribution is 2.08. The van der Waals surface area contributed by atoms with E-state index in [9.17, 15) is 9.59 Å². The van der Waals surface area contributed by atoms with Crippen LogP contribution in [0.15, 0.2) is 35.3 Å². The van der Waals surface area contributed by atoms with Gasteiger partial charge in [0, 0.05) is 18.5 Å². The fourth-order valence-electron chi connectivity index (χ4n) is 2.33. The zero-order valence-electron chi connectivity index (χ0n) is 11.0. The van der Waals surface area contributed by atoms with Crippen molar-refractivity contribution >= 4 is 16.8 Å². The third-order valence-electron chi connectivity index (χ3n) is 3.41. The number of benzene rings is 1. The van der Waals surface area contributed by atoms with E-state index in [2.05, 4.69) is 5.10 Å². The molecular weight excluding hydrogens is 258 g/mol. The summed E-state index contributed by atoms with van der Waals surface area (Å²) in [5.41, 5.74) is 0.553. The first kappa shape index (κ1) is 12.8. The lowest BCUT2D eigenvalue weighted by Gasteiger charge is -2.27.